The Kier molecular flexibility index (Phi) is 4.62. The van der Waals surface area contributed by atoms with E-state index in [2.05, 4.69) is 56.8 Å². The van der Waals surface area contributed by atoms with Gasteiger partial charge in [-0.25, -0.2) is 0 Å². The Morgan fingerprint density at radius 2 is 1.80 bits per heavy atom. The van der Waals surface area contributed by atoms with Crippen LogP contribution in [-0.4, -0.2) is 0 Å². The third kappa shape index (κ3) is 3.99. The van der Waals surface area contributed by atoms with E-state index in [1.165, 1.54) is 16.7 Å². The van der Waals surface area contributed by atoms with Gasteiger partial charge in [-0.2, -0.15) is 0 Å². The molecular weight excluding hydrogens is 180 g/mol. The zero-order chi connectivity index (χ0) is 11.1. The first kappa shape index (κ1) is 11.5. The normalized spacial score (nSPS) is 10.9. The Hall–Kier alpha value is -1.56. The first-order valence-corrected chi connectivity index (χ1v) is 5.24. The second-order valence-electron chi connectivity index (χ2n) is 3.79. The SMILES string of the molecule is C=CC/C(=C\C=C(C)C)c1ccccc1. The molecule has 15 heavy (non-hydrogen) atoms. The summed E-state index contributed by atoms with van der Waals surface area (Å²) >= 11 is 0. The fourth-order valence-electron chi connectivity index (χ4n) is 1.36. The summed E-state index contributed by atoms with van der Waals surface area (Å²) in [5.41, 5.74) is 3.90. The molecule has 0 fully saturated rings. The van der Waals surface area contributed by atoms with Crippen LogP contribution in [0.15, 0.2) is 60.7 Å². The van der Waals surface area contributed by atoms with Gasteiger partial charge in [0.2, 0.25) is 0 Å². The van der Waals surface area contributed by atoms with Crippen molar-refractivity contribution >= 4 is 5.57 Å². The van der Waals surface area contributed by atoms with Crippen molar-refractivity contribution in [3.05, 3.63) is 66.3 Å². The molecule has 1 aromatic rings. The number of hydrogen-bond donors (Lipinski definition) is 0. The minimum atomic E-state index is 0.911. The predicted octanol–water partition coefficient (Wildman–Crippen LogP) is 4.61. The first-order chi connectivity index (χ1) is 7.24. The van der Waals surface area contributed by atoms with Crippen molar-refractivity contribution in [2.45, 2.75) is 20.3 Å². The van der Waals surface area contributed by atoms with E-state index in [1.54, 1.807) is 0 Å². The third-order valence-corrected chi connectivity index (χ3v) is 2.13. The molecule has 1 rings (SSSR count). The average molecular weight is 198 g/mol. The summed E-state index contributed by atoms with van der Waals surface area (Å²) in [6, 6.07) is 10.4. The zero-order valence-electron chi connectivity index (χ0n) is 9.53. The molecule has 0 saturated carbocycles. The van der Waals surface area contributed by atoms with Crippen LogP contribution in [0.5, 0.6) is 0 Å². The summed E-state index contributed by atoms with van der Waals surface area (Å²) in [5.74, 6) is 0. The van der Waals surface area contributed by atoms with Gasteiger partial charge >= 0.3 is 0 Å². The molecule has 0 aromatic heterocycles. The summed E-state index contributed by atoms with van der Waals surface area (Å²) in [4.78, 5) is 0. The quantitative estimate of drug-likeness (QED) is 0.489. The second kappa shape index (κ2) is 6.02. The van der Waals surface area contributed by atoms with E-state index >= 15 is 0 Å². The lowest BCUT2D eigenvalue weighted by Gasteiger charge is -2.03. The maximum absolute atomic E-state index is 3.79. The summed E-state index contributed by atoms with van der Waals surface area (Å²) in [7, 11) is 0. The van der Waals surface area contributed by atoms with Gasteiger partial charge in [0.25, 0.3) is 0 Å². The molecule has 0 atom stereocenters. The zero-order valence-corrected chi connectivity index (χ0v) is 9.53. The van der Waals surface area contributed by atoms with Crippen molar-refractivity contribution in [3.8, 4) is 0 Å². The molecule has 0 radical (unpaired) electrons. The summed E-state index contributed by atoms with van der Waals surface area (Å²) < 4.78 is 0. The maximum Gasteiger partial charge on any atom is -0.00942 e. The van der Waals surface area contributed by atoms with Crippen LogP contribution >= 0.6 is 0 Å². The van der Waals surface area contributed by atoms with Crippen LogP contribution in [-0.2, 0) is 0 Å². The van der Waals surface area contributed by atoms with E-state index in [4.69, 9.17) is 0 Å². The monoisotopic (exact) mass is 198 g/mol. The van der Waals surface area contributed by atoms with Crippen molar-refractivity contribution in [3.63, 3.8) is 0 Å². The molecule has 0 N–H and O–H groups in total. The van der Waals surface area contributed by atoms with Gasteiger partial charge in [-0.15, -0.1) is 6.58 Å². The van der Waals surface area contributed by atoms with Crippen LogP contribution in [0.2, 0.25) is 0 Å². The highest BCUT2D eigenvalue weighted by Gasteiger charge is 1.96. The van der Waals surface area contributed by atoms with Gasteiger partial charge in [0.15, 0.2) is 0 Å². The molecule has 0 heterocycles. The Balaban J connectivity index is 2.98. The highest BCUT2D eigenvalue weighted by atomic mass is 14.0. The van der Waals surface area contributed by atoms with Crippen LogP contribution in [0, 0.1) is 0 Å². The van der Waals surface area contributed by atoms with E-state index in [1.807, 2.05) is 12.1 Å². The van der Waals surface area contributed by atoms with E-state index in [9.17, 15) is 0 Å². The number of hydrogen-bond acceptors (Lipinski definition) is 0. The molecular formula is C15H18. The highest BCUT2D eigenvalue weighted by Crippen LogP contribution is 2.18. The van der Waals surface area contributed by atoms with Crippen molar-refractivity contribution < 1.29 is 0 Å². The molecule has 0 heteroatoms. The molecule has 0 aliphatic rings. The fraction of sp³-hybridized carbons (Fsp3) is 0.200. The average Bonchev–Trinajstić information content (AvgIpc) is 2.25. The number of benzene rings is 1. The van der Waals surface area contributed by atoms with Crippen LogP contribution in [0.4, 0.5) is 0 Å². The summed E-state index contributed by atoms with van der Waals surface area (Å²) in [5, 5.41) is 0. The fourth-order valence-corrected chi connectivity index (χ4v) is 1.36. The van der Waals surface area contributed by atoms with Crippen LogP contribution in [0.25, 0.3) is 5.57 Å². The number of allylic oxidation sites excluding steroid dienone is 5. The summed E-state index contributed by atoms with van der Waals surface area (Å²) in [6.45, 7) is 8.00. The molecule has 0 aliphatic heterocycles. The summed E-state index contributed by atoms with van der Waals surface area (Å²) in [6.07, 6.45) is 7.17. The first-order valence-electron chi connectivity index (χ1n) is 5.24. The van der Waals surface area contributed by atoms with Gasteiger partial charge in [0.1, 0.15) is 0 Å². The lowest BCUT2D eigenvalue weighted by molar-refractivity contribution is 1.37. The lowest BCUT2D eigenvalue weighted by atomic mass is 10.0. The molecule has 0 bridgehead atoms. The highest BCUT2D eigenvalue weighted by molar-refractivity contribution is 5.68. The Morgan fingerprint density at radius 3 is 2.33 bits per heavy atom. The number of rotatable bonds is 4. The molecule has 1 aromatic carbocycles. The van der Waals surface area contributed by atoms with Crippen molar-refractivity contribution in [2.75, 3.05) is 0 Å². The minimum Gasteiger partial charge on any atom is -0.103 e. The molecule has 78 valence electrons. The Bertz CT molecular complexity index is 362. The van der Waals surface area contributed by atoms with Crippen molar-refractivity contribution in [1.29, 1.82) is 0 Å². The Labute approximate surface area is 92.6 Å². The molecule has 0 nitrogen and oxygen atoms in total. The van der Waals surface area contributed by atoms with Crippen LogP contribution < -0.4 is 0 Å². The second-order valence-corrected chi connectivity index (χ2v) is 3.79. The largest absolute Gasteiger partial charge is 0.103 e. The molecule has 0 saturated heterocycles. The van der Waals surface area contributed by atoms with Gasteiger partial charge in [-0.1, -0.05) is 54.1 Å². The van der Waals surface area contributed by atoms with Gasteiger partial charge in [0.05, 0.1) is 0 Å². The smallest absolute Gasteiger partial charge is 0.00942 e. The maximum atomic E-state index is 3.79. The molecule has 0 spiro atoms. The van der Waals surface area contributed by atoms with Crippen LogP contribution in [0.3, 0.4) is 0 Å². The minimum absolute atomic E-state index is 0.911. The van der Waals surface area contributed by atoms with E-state index in [0.29, 0.717) is 0 Å². The van der Waals surface area contributed by atoms with E-state index in [-0.39, 0.29) is 0 Å². The molecule has 0 aliphatic carbocycles. The molecule has 0 amide bonds. The predicted molar refractivity (Wildman–Crippen MR) is 68.7 cm³/mol. The van der Waals surface area contributed by atoms with E-state index in [0.717, 1.165) is 6.42 Å². The van der Waals surface area contributed by atoms with Crippen LogP contribution in [0.1, 0.15) is 25.8 Å². The topological polar surface area (TPSA) is 0 Å². The Morgan fingerprint density at radius 1 is 1.13 bits per heavy atom. The lowest BCUT2D eigenvalue weighted by Crippen LogP contribution is -1.81. The van der Waals surface area contributed by atoms with E-state index < -0.39 is 0 Å². The van der Waals surface area contributed by atoms with Gasteiger partial charge in [0, 0.05) is 0 Å². The van der Waals surface area contributed by atoms with Gasteiger partial charge < -0.3 is 0 Å². The van der Waals surface area contributed by atoms with Crippen molar-refractivity contribution in [1.82, 2.24) is 0 Å². The third-order valence-electron chi connectivity index (χ3n) is 2.13. The molecule has 0 unspecified atom stereocenters. The van der Waals surface area contributed by atoms with Gasteiger partial charge in [-0.3, -0.25) is 0 Å². The van der Waals surface area contributed by atoms with Crippen molar-refractivity contribution in [2.24, 2.45) is 0 Å². The standard InChI is InChI=1S/C15H18/c1-4-8-14(12-11-13(2)3)15-9-6-5-7-10-15/h4-7,9-12H,1,8H2,2-3H3/b14-12+. The van der Waals surface area contributed by atoms with Gasteiger partial charge in [-0.05, 0) is 31.4 Å².